The quantitative estimate of drug-likeness (QED) is 0.819. The summed E-state index contributed by atoms with van der Waals surface area (Å²) in [6.07, 6.45) is 6.52. The molecule has 2 aliphatic rings. The molecule has 0 spiro atoms. The Morgan fingerprint density at radius 2 is 1.95 bits per heavy atom. The second-order valence-corrected chi connectivity index (χ2v) is 6.41. The van der Waals surface area contributed by atoms with E-state index in [1.165, 1.54) is 37.7 Å². The zero-order chi connectivity index (χ0) is 13.3. The fraction of sp³-hybridized carbons (Fsp3) is 0.647. The summed E-state index contributed by atoms with van der Waals surface area (Å²) in [5, 5.41) is 7.39. The van der Waals surface area contributed by atoms with E-state index in [0.29, 0.717) is 5.54 Å². The van der Waals surface area contributed by atoms with Gasteiger partial charge in [0.25, 0.3) is 0 Å². The molecule has 2 nitrogen and oxygen atoms in total. The molecule has 2 atom stereocenters. The maximum absolute atomic E-state index is 3.85. The van der Waals surface area contributed by atoms with Gasteiger partial charge in [0.05, 0.1) is 0 Å². The molecule has 2 unspecified atom stereocenters. The van der Waals surface area contributed by atoms with Crippen LogP contribution >= 0.6 is 0 Å². The summed E-state index contributed by atoms with van der Waals surface area (Å²) in [6, 6.07) is 12.4. The average Bonchev–Trinajstić information content (AvgIpc) is 3.16. The molecule has 2 fully saturated rings. The minimum absolute atomic E-state index is 0.434. The molecule has 2 N–H and O–H groups in total. The van der Waals surface area contributed by atoms with Crippen molar-refractivity contribution in [3.05, 3.63) is 35.9 Å². The van der Waals surface area contributed by atoms with Crippen LogP contribution in [0.2, 0.25) is 0 Å². The number of hydrogen-bond donors (Lipinski definition) is 2. The van der Waals surface area contributed by atoms with Gasteiger partial charge in [-0.05, 0) is 38.3 Å². The third-order valence-corrected chi connectivity index (χ3v) is 5.00. The molecular weight excluding hydrogens is 232 g/mol. The fourth-order valence-corrected chi connectivity index (χ4v) is 3.76. The summed E-state index contributed by atoms with van der Waals surface area (Å²) in [5.74, 6) is 0.761. The van der Waals surface area contributed by atoms with E-state index in [9.17, 15) is 0 Å². The van der Waals surface area contributed by atoms with E-state index in [1.807, 2.05) is 0 Å². The van der Waals surface area contributed by atoms with E-state index in [4.69, 9.17) is 0 Å². The average molecular weight is 258 g/mol. The molecule has 0 amide bonds. The SMILES string of the molecule is CCCC1(NC)CC(NC2CC2c2ccccc2)C1. The van der Waals surface area contributed by atoms with Crippen LogP contribution in [0.15, 0.2) is 30.3 Å². The van der Waals surface area contributed by atoms with Crippen molar-refractivity contribution in [1.82, 2.24) is 10.6 Å². The second-order valence-electron chi connectivity index (χ2n) is 6.41. The van der Waals surface area contributed by atoms with Gasteiger partial charge in [-0.25, -0.2) is 0 Å². The molecule has 0 radical (unpaired) electrons. The van der Waals surface area contributed by atoms with Gasteiger partial charge in [0.15, 0.2) is 0 Å². The second kappa shape index (κ2) is 5.26. The van der Waals surface area contributed by atoms with Crippen LogP contribution in [-0.4, -0.2) is 24.7 Å². The van der Waals surface area contributed by atoms with Crippen molar-refractivity contribution in [3.63, 3.8) is 0 Å². The Bertz CT molecular complexity index is 409. The van der Waals surface area contributed by atoms with E-state index in [-0.39, 0.29) is 0 Å². The third-order valence-electron chi connectivity index (χ3n) is 5.00. The van der Waals surface area contributed by atoms with Crippen molar-refractivity contribution in [3.8, 4) is 0 Å². The van der Waals surface area contributed by atoms with Gasteiger partial charge in [0.2, 0.25) is 0 Å². The summed E-state index contributed by atoms with van der Waals surface area (Å²) in [6.45, 7) is 2.28. The van der Waals surface area contributed by atoms with E-state index in [2.05, 4.69) is 54.9 Å². The van der Waals surface area contributed by atoms with Crippen LogP contribution < -0.4 is 10.6 Å². The third kappa shape index (κ3) is 2.70. The van der Waals surface area contributed by atoms with Crippen molar-refractivity contribution >= 4 is 0 Å². The van der Waals surface area contributed by atoms with Gasteiger partial charge in [-0.15, -0.1) is 0 Å². The lowest BCUT2D eigenvalue weighted by molar-refractivity contribution is 0.126. The molecule has 19 heavy (non-hydrogen) atoms. The van der Waals surface area contributed by atoms with Crippen LogP contribution in [0.4, 0.5) is 0 Å². The summed E-state index contributed by atoms with van der Waals surface area (Å²) >= 11 is 0. The lowest BCUT2D eigenvalue weighted by atomic mass is 9.70. The Morgan fingerprint density at radius 3 is 2.58 bits per heavy atom. The number of benzene rings is 1. The van der Waals surface area contributed by atoms with Gasteiger partial charge in [0.1, 0.15) is 0 Å². The summed E-state index contributed by atoms with van der Waals surface area (Å²) in [7, 11) is 2.12. The van der Waals surface area contributed by atoms with Crippen molar-refractivity contribution < 1.29 is 0 Å². The van der Waals surface area contributed by atoms with Gasteiger partial charge in [-0.3, -0.25) is 0 Å². The van der Waals surface area contributed by atoms with Gasteiger partial charge in [-0.1, -0.05) is 43.7 Å². The smallest absolute Gasteiger partial charge is 0.0208 e. The highest BCUT2D eigenvalue weighted by Gasteiger charge is 2.46. The van der Waals surface area contributed by atoms with Crippen molar-refractivity contribution in [2.24, 2.45) is 0 Å². The Morgan fingerprint density at radius 1 is 1.21 bits per heavy atom. The van der Waals surface area contributed by atoms with Gasteiger partial charge >= 0.3 is 0 Å². The first kappa shape index (κ1) is 13.1. The van der Waals surface area contributed by atoms with E-state index in [1.54, 1.807) is 0 Å². The number of rotatable bonds is 6. The number of nitrogens with one attached hydrogen (secondary N) is 2. The zero-order valence-electron chi connectivity index (χ0n) is 12.2. The fourth-order valence-electron chi connectivity index (χ4n) is 3.76. The molecule has 0 heterocycles. The lowest BCUT2D eigenvalue weighted by Crippen LogP contribution is -2.60. The Kier molecular flexibility index (Phi) is 3.64. The monoisotopic (exact) mass is 258 g/mol. The molecule has 0 bridgehead atoms. The van der Waals surface area contributed by atoms with Crippen molar-refractivity contribution in [2.45, 2.75) is 62.6 Å². The highest BCUT2D eigenvalue weighted by atomic mass is 15.1. The Balaban J connectivity index is 1.46. The maximum Gasteiger partial charge on any atom is 0.0208 e. The maximum atomic E-state index is 3.85. The normalized spacial score (nSPS) is 36.8. The van der Waals surface area contributed by atoms with Crippen LogP contribution in [0.1, 0.15) is 50.5 Å². The van der Waals surface area contributed by atoms with Crippen LogP contribution in [-0.2, 0) is 0 Å². The van der Waals surface area contributed by atoms with Crippen LogP contribution in [0.3, 0.4) is 0 Å². The minimum atomic E-state index is 0.434. The molecule has 1 aromatic carbocycles. The van der Waals surface area contributed by atoms with E-state index >= 15 is 0 Å². The lowest BCUT2D eigenvalue weighted by Gasteiger charge is -2.48. The topological polar surface area (TPSA) is 24.1 Å². The summed E-state index contributed by atoms with van der Waals surface area (Å²) in [4.78, 5) is 0. The molecule has 0 saturated heterocycles. The van der Waals surface area contributed by atoms with Crippen molar-refractivity contribution in [1.29, 1.82) is 0 Å². The standard InChI is InChI=1S/C17H26N2/c1-3-9-17(18-2)11-14(12-17)19-16-10-15(16)13-7-5-4-6-8-13/h4-8,14-16,18-19H,3,9-12H2,1-2H3. The van der Waals surface area contributed by atoms with Crippen molar-refractivity contribution in [2.75, 3.05) is 7.05 Å². The largest absolute Gasteiger partial charge is 0.314 e. The van der Waals surface area contributed by atoms with Gasteiger partial charge in [0, 0.05) is 23.5 Å². The first-order valence-electron chi connectivity index (χ1n) is 7.76. The molecule has 2 heteroatoms. The zero-order valence-corrected chi connectivity index (χ0v) is 12.2. The van der Waals surface area contributed by atoms with Gasteiger partial charge in [-0.2, -0.15) is 0 Å². The first-order chi connectivity index (χ1) is 9.26. The molecule has 104 valence electrons. The molecule has 2 aliphatic carbocycles. The van der Waals surface area contributed by atoms with E-state index < -0.39 is 0 Å². The predicted molar refractivity (Wildman–Crippen MR) is 80.4 cm³/mol. The Hall–Kier alpha value is -0.860. The van der Waals surface area contributed by atoms with E-state index in [0.717, 1.165) is 18.0 Å². The Labute approximate surface area is 117 Å². The van der Waals surface area contributed by atoms with Gasteiger partial charge < -0.3 is 10.6 Å². The predicted octanol–water partition coefficient (Wildman–Crippen LogP) is 3.05. The van der Waals surface area contributed by atoms with Crippen LogP contribution in [0, 0.1) is 0 Å². The molecule has 0 aliphatic heterocycles. The first-order valence-corrected chi connectivity index (χ1v) is 7.76. The minimum Gasteiger partial charge on any atom is -0.314 e. The highest BCUT2D eigenvalue weighted by Crippen LogP contribution is 2.44. The molecule has 1 aromatic rings. The summed E-state index contributed by atoms with van der Waals surface area (Å²) < 4.78 is 0. The van der Waals surface area contributed by atoms with Crippen LogP contribution in [0.25, 0.3) is 0 Å². The molecular formula is C17H26N2. The van der Waals surface area contributed by atoms with Crippen LogP contribution in [0.5, 0.6) is 0 Å². The highest BCUT2D eigenvalue weighted by molar-refractivity contribution is 5.28. The summed E-state index contributed by atoms with van der Waals surface area (Å²) in [5.41, 5.74) is 1.94. The number of hydrogen-bond acceptors (Lipinski definition) is 2. The molecule has 2 saturated carbocycles. The molecule has 3 rings (SSSR count). The molecule has 0 aromatic heterocycles.